The number of carboxylic acid groups (broad SMARTS) is 1. The van der Waals surface area contributed by atoms with Gasteiger partial charge in [-0.15, -0.1) is 5.10 Å². The number of Topliss-reactive ketones (excluding diaryl/α,β-unsaturated/α-hetero) is 1. The van der Waals surface area contributed by atoms with E-state index >= 15 is 0 Å². The molecule has 1 aliphatic heterocycles. The Morgan fingerprint density at radius 3 is 2.85 bits per heavy atom. The third-order valence-electron chi connectivity index (χ3n) is 2.76. The first-order valence-electron chi connectivity index (χ1n) is 5.70. The summed E-state index contributed by atoms with van der Waals surface area (Å²) in [4.78, 5) is 22.7. The molecule has 8 heteroatoms. The van der Waals surface area contributed by atoms with E-state index in [1.165, 1.54) is 10.9 Å². The van der Waals surface area contributed by atoms with Crippen LogP contribution in [0.1, 0.15) is 20.8 Å². The molecule has 1 N–H and O–H groups in total. The van der Waals surface area contributed by atoms with Crippen LogP contribution in [-0.2, 0) is 6.54 Å². The van der Waals surface area contributed by atoms with E-state index in [0.29, 0.717) is 17.1 Å². The number of hydrogen-bond donors (Lipinski definition) is 1. The number of rotatable bonds is 4. The summed E-state index contributed by atoms with van der Waals surface area (Å²) >= 11 is 0. The van der Waals surface area contributed by atoms with Gasteiger partial charge < -0.3 is 14.6 Å². The van der Waals surface area contributed by atoms with Crippen LogP contribution < -0.4 is 9.47 Å². The minimum Gasteiger partial charge on any atom is -0.476 e. The summed E-state index contributed by atoms with van der Waals surface area (Å²) in [6, 6.07) is 4.85. The minimum absolute atomic E-state index is 0.0973. The fourth-order valence-electron chi connectivity index (χ4n) is 1.78. The molecule has 2 aromatic rings. The molecule has 102 valence electrons. The predicted octanol–water partition coefficient (Wildman–Crippen LogP) is 0.588. The van der Waals surface area contributed by atoms with Crippen LogP contribution in [0.3, 0.4) is 0 Å². The van der Waals surface area contributed by atoms with Gasteiger partial charge in [-0.05, 0) is 18.2 Å². The molecule has 0 radical (unpaired) electrons. The Kier molecular flexibility index (Phi) is 2.82. The molecule has 0 saturated heterocycles. The van der Waals surface area contributed by atoms with Gasteiger partial charge in [0.05, 0.1) is 6.20 Å². The fourth-order valence-corrected chi connectivity index (χ4v) is 1.78. The highest BCUT2D eigenvalue weighted by Crippen LogP contribution is 2.32. The molecule has 0 saturated carbocycles. The molecule has 20 heavy (non-hydrogen) atoms. The van der Waals surface area contributed by atoms with Crippen molar-refractivity contribution in [2.45, 2.75) is 6.54 Å². The van der Waals surface area contributed by atoms with E-state index in [4.69, 9.17) is 14.6 Å². The van der Waals surface area contributed by atoms with Crippen molar-refractivity contribution < 1.29 is 24.2 Å². The lowest BCUT2D eigenvalue weighted by molar-refractivity contribution is 0.0690. The van der Waals surface area contributed by atoms with Gasteiger partial charge in [0.25, 0.3) is 0 Å². The average molecular weight is 275 g/mol. The molecular formula is C12H9N3O5. The molecule has 0 amide bonds. The van der Waals surface area contributed by atoms with Gasteiger partial charge in [0.15, 0.2) is 23.0 Å². The first-order chi connectivity index (χ1) is 9.63. The monoisotopic (exact) mass is 275 g/mol. The Morgan fingerprint density at radius 1 is 1.30 bits per heavy atom. The molecule has 0 spiro atoms. The standard InChI is InChI=1S/C12H9N3O5/c16-9(5-15-4-8(12(17)18)13-14-15)7-1-2-10-11(3-7)20-6-19-10/h1-4H,5-6H2,(H,17,18). The minimum atomic E-state index is -1.19. The van der Waals surface area contributed by atoms with Crippen molar-refractivity contribution in [3.8, 4) is 11.5 Å². The molecule has 1 aromatic heterocycles. The van der Waals surface area contributed by atoms with Crippen LogP contribution in [0.2, 0.25) is 0 Å². The fraction of sp³-hybridized carbons (Fsp3) is 0.167. The number of carbonyl (C=O) groups is 2. The summed E-state index contributed by atoms with van der Waals surface area (Å²) in [7, 11) is 0. The van der Waals surface area contributed by atoms with Gasteiger partial charge in [-0.2, -0.15) is 0 Å². The molecule has 0 fully saturated rings. The second kappa shape index (κ2) is 4.65. The average Bonchev–Trinajstić information content (AvgIpc) is 3.05. The molecule has 0 aliphatic carbocycles. The maximum atomic E-state index is 12.1. The summed E-state index contributed by atoms with van der Waals surface area (Å²) in [6.45, 7) is 0.0396. The Labute approximate surface area is 112 Å². The van der Waals surface area contributed by atoms with E-state index in [9.17, 15) is 9.59 Å². The maximum Gasteiger partial charge on any atom is 0.358 e. The van der Waals surface area contributed by atoms with Gasteiger partial charge in [-0.1, -0.05) is 5.21 Å². The smallest absolute Gasteiger partial charge is 0.358 e. The normalized spacial score (nSPS) is 12.4. The van der Waals surface area contributed by atoms with Crippen molar-refractivity contribution in [2.75, 3.05) is 6.79 Å². The van der Waals surface area contributed by atoms with Gasteiger partial charge in [0.1, 0.15) is 6.54 Å². The van der Waals surface area contributed by atoms with Crippen molar-refractivity contribution >= 4 is 11.8 Å². The molecule has 0 atom stereocenters. The lowest BCUT2D eigenvalue weighted by Gasteiger charge is -2.02. The first kappa shape index (κ1) is 12.2. The Morgan fingerprint density at radius 2 is 2.10 bits per heavy atom. The number of ketones is 1. The zero-order valence-corrected chi connectivity index (χ0v) is 10.1. The second-order valence-corrected chi connectivity index (χ2v) is 4.10. The number of hydrogen-bond acceptors (Lipinski definition) is 6. The van der Waals surface area contributed by atoms with E-state index < -0.39 is 5.97 Å². The summed E-state index contributed by atoms with van der Waals surface area (Å²) in [5.41, 5.74) is 0.227. The second-order valence-electron chi connectivity index (χ2n) is 4.10. The number of carboxylic acids is 1. The third kappa shape index (κ3) is 2.18. The van der Waals surface area contributed by atoms with Crippen molar-refractivity contribution in [3.63, 3.8) is 0 Å². The van der Waals surface area contributed by atoms with E-state index in [2.05, 4.69) is 10.3 Å². The predicted molar refractivity (Wildman–Crippen MR) is 63.9 cm³/mol. The number of benzene rings is 1. The number of nitrogens with zero attached hydrogens (tertiary/aromatic N) is 3. The number of carbonyl (C=O) groups excluding carboxylic acids is 1. The molecule has 0 bridgehead atoms. The molecule has 2 heterocycles. The van der Waals surface area contributed by atoms with Crippen LogP contribution in [0.25, 0.3) is 0 Å². The molecule has 3 rings (SSSR count). The van der Waals surface area contributed by atoms with Crippen LogP contribution in [0.15, 0.2) is 24.4 Å². The zero-order chi connectivity index (χ0) is 14.1. The van der Waals surface area contributed by atoms with Crippen LogP contribution in [0, 0.1) is 0 Å². The quantitative estimate of drug-likeness (QED) is 0.814. The topological polar surface area (TPSA) is 104 Å². The molecule has 1 aliphatic rings. The zero-order valence-electron chi connectivity index (χ0n) is 10.1. The van der Waals surface area contributed by atoms with E-state index in [-0.39, 0.29) is 24.8 Å². The van der Waals surface area contributed by atoms with Crippen molar-refractivity contribution in [1.29, 1.82) is 0 Å². The lowest BCUT2D eigenvalue weighted by Crippen LogP contribution is -2.11. The first-order valence-corrected chi connectivity index (χ1v) is 5.70. The largest absolute Gasteiger partial charge is 0.476 e. The van der Waals surface area contributed by atoms with Gasteiger partial charge in [-0.25, -0.2) is 9.48 Å². The number of fused-ring (bicyclic) bond motifs is 1. The van der Waals surface area contributed by atoms with Crippen LogP contribution in [-0.4, -0.2) is 38.6 Å². The lowest BCUT2D eigenvalue weighted by atomic mass is 10.1. The summed E-state index contributed by atoms with van der Waals surface area (Å²) in [5, 5.41) is 15.7. The van der Waals surface area contributed by atoms with Crippen molar-refractivity contribution in [3.05, 3.63) is 35.7 Å². The van der Waals surface area contributed by atoms with Crippen LogP contribution >= 0.6 is 0 Å². The van der Waals surface area contributed by atoms with E-state index in [0.717, 1.165) is 0 Å². The molecular weight excluding hydrogens is 266 g/mol. The Bertz CT molecular complexity index is 694. The van der Waals surface area contributed by atoms with Crippen LogP contribution in [0.4, 0.5) is 0 Å². The summed E-state index contributed by atoms with van der Waals surface area (Å²) < 4.78 is 11.5. The number of aromatic nitrogens is 3. The van der Waals surface area contributed by atoms with Crippen molar-refractivity contribution in [2.24, 2.45) is 0 Å². The van der Waals surface area contributed by atoms with Gasteiger partial charge in [0.2, 0.25) is 6.79 Å². The van der Waals surface area contributed by atoms with Gasteiger partial charge in [0, 0.05) is 5.56 Å². The van der Waals surface area contributed by atoms with Crippen molar-refractivity contribution in [1.82, 2.24) is 15.0 Å². The van der Waals surface area contributed by atoms with E-state index in [1.54, 1.807) is 18.2 Å². The number of ether oxygens (including phenoxy) is 2. The summed E-state index contributed by atoms with van der Waals surface area (Å²) in [5.74, 6) is -0.312. The third-order valence-corrected chi connectivity index (χ3v) is 2.76. The Balaban J connectivity index is 1.77. The molecule has 0 unspecified atom stereocenters. The van der Waals surface area contributed by atoms with E-state index in [1.807, 2.05) is 0 Å². The van der Waals surface area contributed by atoms with Gasteiger partial charge >= 0.3 is 5.97 Å². The number of aromatic carboxylic acids is 1. The highest BCUT2D eigenvalue weighted by molar-refractivity contribution is 5.96. The summed E-state index contributed by atoms with van der Waals surface area (Å²) in [6.07, 6.45) is 1.20. The highest BCUT2D eigenvalue weighted by atomic mass is 16.7. The molecule has 1 aromatic carbocycles. The van der Waals surface area contributed by atoms with Gasteiger partial charge in [-0.3, -0.25) is 4.79 Å². The Hall–Kier alpha value is -2.90. The maximum absolute atomic E-state index is 12.1. The van der Waals surface area contributed by atoms with Crippen LogP contribution in [0.5, 0.6) is 11.5 Å². The SMILES string of the molecule is O=C(Cn1cc(C(=O)O)nn1)c1ccc2c(c1)OCO2. The molecule has 8 nitrogen and oxygen atoms in total. The highest BCUT2D eigenvalue weighted by Gasteiger charge is 2.17.